The number of carbonyl (C=O) groups excluding carboxylic acids is 2. The van der Waals surface area contributed by atoms with Crippen LogP contribution in [0.4, 0.5) is 9.59 Å². The summed E-state index contributed by atoms with van der Waals surface area (Å²) in [4.78, 5) is 36.2. The highest BCUT2D eigenvalue weighted by Crippen LogP contribution is 2.12. The number of thiazole rings is 2. The summed E-state index contributed by atoms with van der Waals surface area (Å²) >= 11 is 2.91. The number of amides is 2. The van der Waals surface area contributed by atoms with E-state index in [1.54, 1.807) is 17.9 Å². The molecule has 0 radical (unpaired) electrons. The molecule has 35 heavy (non-hydrogen) atoms. The number of ether oxygens (including phenoxy) is 2. The van der Waals surface area contributed by atoms with Crippen molar-refractivity contribution in [2.75, 3.05) is 19.6 Å². The van der Waals surface area contributed by atoms with E-state index in [1.807, 2.05) is 5.38 Å². The molecule has 2 rings (SSSR count). The zero-order valence-electron chi connectivity index (χ0n) is 21.4. The third kappa shape index (κ3) is 12.3. The van der Waals surface area contributed by atoms with E-state index in [4.69, 9.17) is 9.47 Å². The summed E-state index contributed by atoms with van der Waals surface area (Å²) in [5.41, 5.74) is 1.72. The first-order valence-electron chi connectivity index (χ1n) is 12.1. The second kappa shape index (κ2) is 15.7. The van der Waals surface area contributed by atoms with Gasteiger partial charge in [-0.3, -0.25) is 9.88 Å². The molecular weight excluding hydrogens is 486 g/mol. The molecular formula is C24H39N5O4S2. The van der Waals surface area contributed by atoms with Gasteiger partial charge in [-0.05, 0) is 31.2 Å². The number of alkyl carbamates (subject to hydrolysis) is 2. The van der Waals surface area contributed by atoms with Gasteiger partial charge in [-0.15, -0.1) is 22.7 Å². The van der Waals surface area contributed by atoms with Crippen LogP contribution in [0.15, 0.2) is 23.3 Å². The van der Waals surface area contributed by atoms with E-state index >= 15 is 0 Å². The molecule has 11 heteroatoms. The molecule has 2 heterocycles. The van der Waals surface area contributed by atoms with Crippen LogP contribution in [0, 0.1) is 11.8 Å². The summed E-state index contributed by atoms with van der Waals surface area (Å²) in [6.07, 6.45) is 4.17. The number of hydrogen-bond acceptors (Lipinski definition) is 9. The molecule has 9 nitrogen and oxygen atoms in total. The number of nitrogens with zero attached hydrogens (tertiary/aromatic N) is 3. The zero-order chi connectivity index (χ0) is 25.6. The van der Waals surface area contributed by atoms with Gasteiger partial charge in [-0.2, -0.15) is 0 Å². The largest absolute Gasteiger partial charge is 0.444 e. The molecule has 2 aromatic heterocycles. The molecule has 0 bridgehead atoms. The summed E-state index contributed by atoms with van der Waals surface area (Å²) in [5, 5.41) is 8.67. The normalized spacial score (nSPS) is 13.1. The van der Waals surface area contributed by atoms with Gasteiger partial charge in [-0.25, -0.2) is 14.6 Å². The molecule has 0 aromatic carbocycles. The molecule has 0 aliphatic carbocycles. The van der Waals surface area contributed by atoms with Crippen molar-refractivity contribution in [2.24, 2.45) is 11.8 Å². The fraction of sp³-hybridized carbons (Fsp3) is 0.667. The van der Waals surface area contributed by atoms with Gasteiger partial charge in [0.15, 0.2) is 0 Å². The number of aromatic nitrogens is 2. The standard InChI is InChI=1S/C24H39N5O4S2/c1-6-29(12-19(9-17(2)3)27-23(30)32-14-21-11-25-16-35-21)13-20(10-18(4)5)28-24(31)33-15-22-26-7-8-34-22/h7-8,11,16-20H,6,9-10,12-15H2,1-5H3,(H,27,30)(H,28,31)/t19-,20-/m0/s1. The summed E-state index contributed by atoms with van der Waals surface area (Å²) in [5.74, 6) is 0.815. The number of rotatable bonds is 15. The Balaban J connectivity index is 1.91. The van der Waals surface area contributed by atoms with E-state index in [0.717, 1.165) is 29.3 Å². The maximum Gasteiger partial charge on any atom is 0.407 e. The molecule has 2 N–H and O–H groups in total. The van der Waals surface area contributed by atoms with Crippen molar-refractivity contribution in [1.29, 1.82) is 0 Å². The Hall–Kier alpha value is -2.24. The Labute approximate surface area is 216 Å². The van der Waals surface area contributed by atoms with Gasteiger partial charge in [0.25, 0.3) is 0 Å². The highest BCUT2D eigenvalue weighted by molar-refractivity contribution is 7.09. The van der Waals surface area contributed by atoms with Crippen LogP contribution in [-0.4, -0.2) is 58.8 Å². The molecule has 0 aliphatic heterocycles. The number of carbonyl (C=O) groups is 2. The molecule has 2 aromatic rings. The average molecular weight is 526 g/mol. The predicted octanol–water partition coefficient (Wildman–Crippen LogP) is 4.90. The number of hydrogen-bond donors (Lipinski definition) is 2. The lowest BCUT2D eigenvalue weighted by molar-refractivity contribution is 0.123. The molecule has 0 aliphatic rings. The van der Waals surface area contributed by atoms with Gasteiger partial charge in [0.2, 0.25) is 0 Å². The fourth-order valence-electron chi connectivity index (χ4n) is 3.77. The summed E-state index contributed by atoms with van der Waals surface area (Å²) in [6.45, 7) is 13.1. The number of likely N-dealkylation sites (N-methyl/N-ethyl adjacent to an activating group) is 1. The van der Waals surface area contributed by atoms with E-state index < -0.39 is 12.2 Å². The van der Waals surface area contributed by atoms with Crippen molar-refractivity contribution in [2.45, 2.75) is 72.8 Å². The maximum atomic E-state index is 12.4. The van der Waals surface area contributed by atoms with Crippen LogP contribution >= 0.6 is 22.7 Å². The molecule has 0 unspecified atom stereocenters. The first-order chi connectivity index (χ1) is 16.7. The fourth-order valence-corrected chi connectivity index (χ4v) is 4.80. The van der Waals surface area contributed by atoms with E-state index in [1.165, 1.54) is 22.7 Å². The molecule has 0 saturated heterocycles. The van der Waals surface area contributed by atoms with E-state index in [0.29, 0.717) is 24.9 Å². The van der Waals surface area contributed by atoms with E-state index in [2.05, 4.69) is 60.1 Å². The van der Waals surface area contributed by atoms with E-state index in [9.17, 15) is 9.59 Å². The van der Waals surface area contributed by atoms with Crippen LogP contribution in [0.3, 0.4) is 0 Å². The first kappa shape index (κ1) is 29.0. The summed E-state index contributed by atoms with van der Waals surface area (Å²) in [7, 11) is 0. The molecule has 2 atom stereocenters. The summed E-state index contributed by atoms with van der Waals surface area (Å²) < 4.78 is 10.7. The molecule has 2 amide bonds. The van der Waals surface area contributed by atoms with Crippen LogP contribution in [0.5, 0.6) is 0 Å². The SMILES string of the molecule is CCN(C[C@H](CC(C)C)NC(=O)OCc1cncs1)C[C@H](CC(C)C)NC(=O)OCc1nccs1. The molecule has 0 fully saturated rings. The van der Waals surface area contributed by atoms with Gasteiger partial charge in [0.1, 0.15) is 18.2 Å². The Morgan fingerprint density at radius 3 is 2.03 bits per heavy atom. The Bertz CT molecular complexity index is 778. The number of nitrogens with one attached hydrogen (secondary N) is 2. The first-order valence-corrected chi connectivity index (χ1v) is 13.9. The molecule has 196 valence electrons. The topological polar surface area (TPSA) is 106 Å². The van der Waals surface area contributed by atoms with Gasteiger partial charge in [0.05, 0.1) is 10.4 Å². The van der Waals surface area contributed by atoms with Crippen LogP contribution in [-0.2, 0) is 22.7 Å². The van der Waals surface area contributed by atoms with Crippen molar-refractivity contribution >= 4 is 34.9 Å². The van der Waals surface area contributed by atoms with Crippen molar-refractivity contribution < 1.29 is 19.1 Å². The lowest BCUT2D eigenvalue weighted by Gasteiger charge is -2.31. The zero-order valence-corrected chi connectivity index (χ0v) is 23.0. The quantitative estimate of drug-likeness (QED) is 0.341. The van der Waals surface area contributed by atoms with Crippen LogP contribution < -0.4 is 10.6 Å². The minimum absolute atomic E-state index is 0.0690. The minimum Gasteiger partial charge on any atom is -0.444 e. The molecule has 0 saturated carbocycles. The third-order valence-corrected chi connectivity index (χ3v) is 6.71. The van der Waals surface area contributed by atoms with Crippen molar-refractivity contribution in [1.82, 2.24) is 25.5 Å². The van der Waals surface area contributed by atoms with Gasteiger partial charge in [-0.1, -0.05) is 34.6 Å². The van der Waals surface area contributed by atoms with Crippen LogP contribution in [0.2, 0.25) is 0 Å². The van der Waals surface area contributed by atoms with Gasteiger partial charge >= 0.3 is 12.2 Å². The Morgan fingerprint density at radius 1 is 0.971 bits per heavy atom. The highest BCUT2D eigenvalue weighted by Gasteiger charge is 2.22. The van der Waals surface area contributed by atoms with Gasteiger partial charge in [0, 0.05) is 42.9 Å². The molecule has 0 spiro atoms. The van der Waals surface area contributed by atoms with Crippen LogP contribution in [0.1, 0.15) is 57.3 Å². The third-order valence-electron chi connectivity index (χ3n) is 5.20. The lowest BCUT2D eigenvalue weighted by Crippen LogP contribution is -2.49. The van der Waals surface area contributed by atoms with Crippen LogP contribution in [0.25, 0.3) is 0 Å². The second-order valence-electron chi connectivity index (χ2n) is 9.34. The predicted molar refractivity (Wildman–Crippen MR) is 139 cm³/mol. The summed E-state index contributed by atoms with van der Waals surface area (Å²) in [6, 6.07) is -0.141. The smallest absolute Gasteiger partial charge is 0.407 e. The monoisotopic (exact) mass is 525 g/mol. The maximum absolute atomic E-state index is 12.4. The highest BCUT2D eigenvalue weighted by atomic mass is 32.1. The lowest BCUT2D eigenvalue weighted by atomic mass is 10.0. The Morgan fingerprint density at radius 2 is 1.57 bits per heavy atom. The Kier molecular flexibility index (Phi) is 13.0. The van der Waals surface area contributed by atoms with Crippen molar-refractivity contribution in [3.05, 3.63) is 33.2 Å². The van der Waals surface area contributed by atoms with Crippen molar-refractivity contribution in [3.8, 4) is 0 Å². The van der Waals surface area contributed by atoms with Gasteiger partial charge < -0.3 is 20.1 Å². The minimum atomic E-state index is -0.439. The average Bonchev–Trinajstić information content (AvgIpc) is 3.49. The second-order valence-corrected chi connectivity index (χ2v) is 11.3. The van der Waals surface area contributed by atoms with E-state index in [-0.39, 0.29) is 25.3 Å². The van der Waals surface area contributed by atoms with Crippen molar-refractivity contribution in [3.63, 3.8) is 0 Å².